The van der Waals surface area contributed by atoms with Crippen molar-refractivity contribution in [3.63, 3.8) is 0 Å². The quantitative estimate of drug-likeness (QED) is 0.699. The Morgan fingerprint density at radius 2 is 2.00 bits per heavy atom. The molecule has 1 N–H and O–H groups in total. The third-order valence-corrected chi connectivity index (χ3v) is 4.94. The number of rotatable bonds is 5. The van der Waals surface area contributed by atoms with E-state index in [0.717, 1.165) is 5.56 Å². The molecule has 9 nitrogen and oxygen atoms in total. The third kappa shape index (κ3) is 3.67. The average Bonchev–Trinajstić information content (AvgIpc) is 3.09. The molecule has 0 aliphatic carbocycles. The first kappa shape index (κ1) is 19.0. The van der Waals surface area contributed by atoms with E-state index in [1.165, 1.54) is 21.8 Å². The Bertz CT molecular complexity index is 1120. The van der Waals surface area contributed by atoms with E-state index in [2.05, 4.69) is 15.4 Å². The van der Waals surface area contributed by atoms with E-state index in [1.807, 2.05) is 32.0 Å². The Hall–Kier alpha value is -3.36. The monoisotopic (exact) mass is 397 g/mol. The maximum absolute atomic E-state index is 12.7. The van der Waals surface area contributed by atoms with Crippen LogP contribution >= 0.6 is 0 Å². The zero-order chi connectivity index (χ0) is 20.5. The van der Waals surface area contributed by atoms with Crippen molar-refractivity contribution < 1.29 is 14.3 Å². The summed E-state index contributed by atoms with van der Waals surface area (Å²) < 4.78 is 14.0. The molecule has 1 atom stereocenters. The van der Waals surface area contributed by atoms with Crippen LogP contribution in [0.3, 0.4) is 0 Å². The number of carbonyl (C=O) groups is 1. The summed E-state index contributed by atoms with van der Waals surface area (Å²) in [5.74, 6) is 1.25. The van der Waals surface area contributed by atoms with Crippen LogP contribution in [0.5, 0.6) is 11.5 Å². The summed E-state index contributed by atoms with van der Waals surface area (Å²) in [7, 11) is 1.71. The van der Waals surface area contributed by atoms with Gasteiger partial charge in [0.15, 0.2) is 17.1 Å². The highest BCUT2D eigenvalue weighted by Crippen LogP contribution is 2.34. The third-order valence-electron chi connectivity index (χ3n) is 4.94. The van der Waals surface area contributed by atoms with Gasteiger partial charge in [-0.2, -0.15) is 5.10 Å². The second-order valence-corrected chi connectivity index (χ2v) is 7.38. The lowest BCUT2D eigenvalue weighted by Gasteiger charge is -2.25. The normalized spacial score (nSPS) is 14.2. The van der Waals surface area contributed by atoms with Crippen LogP contribution in [0.15, 0.2) is 35.5 Å². The number of nitrogens with one attached hydrogen (secondary N) is 1. The minimum atomic E-state index is -0.293. The Balaban J connectivity index is 1.54. The Morgan fingerprint density at radius 3 is 2.76 bits per heavy atom. The predicted molar refractivity (Wildman–Crippen MR) is 106 cm³/mol. The number of ether oxygens (including phenoxy) is 2. The van der Waals surface area contributed by atoms with Crippen LogP contribution in [-0.2, 0) is 18.4 Å². The van der Waals surface area contributed by atoms with E-state index >= 15 is 0 Å². The number of aromatic nitrogens is 4. The fraction of sp³-hybridized carbons (Fsp3) is 0.400. The van der Waals surface area contributed by atoms with Crippen LogP contribution in [0.1, 0.15) is 25.5 Å². The maximum atomic E-state index is 12.7. The van der Waals surface area contributed by atoms with Crippen molar-refractivity contribution in [3.8, 4) is 11.5 Å². The van der Waals surface area contributed by atoms with Gasteiger partial charge in [-0.05, 0) is 23.6 Å². The Kier molecular flexibility index (Phi) is 4.96. The summed E-state index contributed by atoms with van der Waals surface area (Å²) in [4.78, 5) is 29.5. The summed E-state index contributed by atoms with van der Waals surface area (Å²) in [6.07, 6.45) is 2.84. The highest BCUT2D eigenvalue weighted by atomic mass is 16.6. The minimum Gasteiger partial charge on any atom is -0.486 e. The summed E-state index contributed by atoms with van der Waals surface area (Å²) in [6, 6.07) is 5.45. The van der Waals surface area contributed by atoms with Gasteiger partial charge in [0.05, 0.1) is 12.2 Å². The lowest BCUT2D eigenvalue weighted by Crippen LogP contribution is -2.36. The van der Waals surface area contributed by atoms with Gasteiger partial charge in [-0.1, -0.05) is 19.9 Å². The topological polar surface area (TPSA) is 100 Å². The molecule has 1 aliphatic rings. The van der Waals surface area contributed by atoms with Crippen LogP contribution < -0.4 is 20.3 Å². The first-order chi connectivity index (χ1) is 13.9. The van der Waals surface area contributed by atoms with Crippen molar-refractivity contribution in [2.45, 2.75) is 26.4 Å². The number of nitrogens with zero attached hydrogens (tertiary/aromatic N) is 4. The molecule has 1 aromatic carbocycles. The molecule has 3 heterocycles. The number of hydrogen-bond acceptors (Lipinski definition) is 6. The minimum absolute atomic E-state index is 0.121. The molecular formula is C20H23N5O4. The van der Waals surface area contributed by atoms with E-state index in [-0.39, 0.29) is 30.0 Å². The van der Waals surface area contributed by atoms with Crippen molar-refractivity contribution >= 4 is 16.9 Å². The number of fused-ring (bicyclic) bond motifs is 2. The number of hydrogen-bond donors (Lipinski definition) is 1. The molecule has 0 unspecified atom stereocenters. The Labute approximate surface area is 167 Å². The van der Waals surface area contributed by atoms with Gasteiger partial charge < -0.3 is 14.8 Å². The van der Waals surface area contributed by atoms with Crippen LogP contribution in [0.2, 0.25) is 0 Å². The zero-order valence-corrected chi connectivity index (χ0v) is 16.6. The van der Waals surface area contributed by atoms with Crippen molar-refractivity contribution in [1.29, 1.82) is 0 Å². The van der Waals surface area contributed by atoms with Crippen molar-refractivity contribution in [3.05, 3.63) is 46.6 Å². The number of amides is 1. The van der Waals surface area contributed by atoms with Gasteiger partial charge in [0, 0.05) is 7.05 Å². The maximum Gasteiger partial charge on any atom is 0.264 e. The average molecular weight is 397 g/mol. The van der Waals surface area contributed by atoms with Crippen LogP contribution in [0.4, 0.5) is 0 Å². The summed E-state index contributed by atoms with van der Waals surface area (Å²) >= 11 is 0. The molecular weight excluding hydrogens is 374 g/mol. The van der Waals surface area contributed by atoms with Crippen LogP contribution in [0.25, 0.3) is 11.0 Å². The molecule has 1 amide bonds. The van der Waals surface area contributed by atoms with E-state index in [4.69, 9.17) is 9.47 Å². The number of carbonyl (C=O) groups excluding carboxylic acids is 1. The standard InChI is InChI=1S/C20H23N5O4/c1-12(2)18(13-4-5-15-16(8-13)29-7-6-28-15)23-17(26)10-25-11-21-19-14(20(25)27)9-22-24(19)3/h4-5,8-9,11-12,18H,6-7,10H2,1-3H3,(H,23,26)/t18-/m0/s1. The van der Waals surface area contributed by atoms with Gasteiger partial charge in [0.2, 0.25) is 5.91 Å². The fourth-order valence-corrected chi connectivity index (χ4v) is 3.44. The molecule has 152 valence electrons. The lowest BCUT2D eigenvalue weighted by atomic mass is 9.95. The highest BCUT2D eigenvalue weighted by molar-refractivity contribution is 5.77. The predicted octanol–water partition coefficient (Wildman–Crippen LogP) is 1.41. The second kappa shape index (κ2) is 7.57. The summed E-state index contributed by atoms with van der Waals surface area (Å²) in [5.41, 5.74) is 1.12. The van der Waals surface area contributed by atoms with Crippen molar-refractivity contribution in [1.82, 2.24) is 24.6 Å². The molecule has 0 saturated carbocycles. The van der Waals surface area contributed by atoms with E-state index in [1.54, 1.807) is 7.05 Å². The van der Waals surface area contributed by atoms with Crippen LogP contribution in [-0.4, -0.2) is 38.5 Å². The second-order valence-electron chi connectivity index (χ2n) is 7.38. The van der Waals surface area contributed by atoms with Gasteiger partial charge in [0.1, 0.15) is 31.5 Å². The SMILES string of the molecule is CC(C)[C@H](NC(=O)Cn1cnc2c(cnn2C)c1=O)c1ccc2c(c1)OCCO2. The van der Waals surface area contributed by atoms with Gasteiger partial charge in [-0.3, -0.25) is 18.8 Å². The van der Waals surface area contributed by atoms with Gasteiger partial charge >= 0.3 is 0 Å². The molecule has 29 heavy (non-hydrogen) atoms. The van der Waals surface area contributed by atoms with Crippen molar-refractivity contribution in [2.75, 3.05) is 13.2 Å². The van der Waals surface area contributed by atoms with Crippen molar-refractivity contribution in [2.24, 2.45) is 13.0 Å². The molecule has 0 bridgehead atoms. The van der Waals surface area contributed by atoms with E-state index < -0.39 is 0 Å². The van der Waals surface area contributed by atoms with Gasteiger partial charge in [-0.15, -0.1) is 0 Å². The molecule has 0 saturated heterocycles. The number of aryl methyl sites for hydroxylation is 1. The Morgan fingerprint density at radius 1 is 1.24 bits per heavy atom. The molecule has 4 rings (SSSR count). The van der Waals surface area contributed by atoms with Gasteiger partial charge in [-0.25, -0.2) is 4.98 Å². The van der Waals surface area contributed by atoms with E-state index in [9.17, 15) is 9.59 Å². The fourth-order valence-electron chi connectivity index (χ4n) is 3.44. The molecule has 2 aromatic heterocycles. The highest BCUT2D eigenvalue weighted by Gasteiger charge is 2.22. The molecule has 9 heteroatoms. The summed E-state index contributed by atoms with van der Waals surface area (Å²) in [6.45, 7) is 4.96. The molecule has 3 aromatic rings. The van der Waals surface area contributed by atoms with Crippen LogP contribution in [0, 0.1) is 5.92 Å². The van der Waals surface area contributed by atoms with E-state index in [0.29, 0.717) is 35.7 Å². The first-order valence-electron chi connectivity index (χ1n) is 9.50. The molecule has 0 spiro atoms. The van der Waals surface area contributed by atoms with Gasteiger partial charge in [0.25, 0.3) is 5.56 Å². The lowest BCUT2D eigenvalue weighted by molar-refractivity contribution is -0.122. The zero-order valence-electron chi connectivity index (χ0n) is 16.6. The largest absolute Gasteiger partial charge is 0.486 e. The smallest absolute Gasteiger partial charge is 0.264 e. The molecule has 1 aliphatic heterocycles. The molecule has 0 radical (unpaired) electrons. The summed E-state index contributed by atoms with van der Waals surface area (Å²) in [5, 5.41) is 7.45. The first-order valence-corrected chi connectivity index (χ1v) is 9.50. The molecule has 0 fully saturated rings. The number of benzene rings is 1.